The number of hydrogen-bond acceptors (Lipinski definition) is 7. The molecule has 0 heterocycles. The Morgan fingerprint density at radius 1 is 0.971 bits per heavy atom. The molecule has 1 atom stereocenters. The lowest BCUT2D eigenvalue weighted by Crippen LogP contribution is -2.62. The van der Waals surface area contributed by atoms with Gasteiger partial charge in [-0.15, -0.1) is 0 Å². The molecule has 0 N–H and O–H groups in total. The molecule has 1 unspecified atom stereocenters. The minimum absolute atomic E-state index is 0.177. The molecule has 0 spiro atoms. The summed E-state index contributed by atoms with van der Waals surface area (Å²) in [4.78, 5) is 25.5. The van der Waals surface area contributed by atoms with Crippen LogP contribution in [0, 0.1) is 0 Å². The fourth-order valence-corrected chi connectivity index (χ4v) is 3.14. The number of esters is 1. The Kier molecular flexibility index (Phi) is 11.7. The third kappa shape index (κ3) is 8.03. The van der Waals surface area contributed by atoms with Gasteiger partial charge in [0.05, 0.1) is 6.61 Å². The lowest BCUT2D eigenvalue weighted by molar-refractivity contribution is -0.350. The normalized spacial score (nSPS) is 14.8. The standard InChI is InChI=1S/C19H28F7NO7S/c1-5-10-27(11-6-2)15(29)17(18(22,23)24,34-14(28)13(3)4)33-12-8-7-9-16(20,21)19(25,26)35(30,31)32/h3,5-12H2,1-2,4H3,(H,30,31,32)/p-1. The zero-order chi connectivity index (χ0) is 27.9. The van der Waals surface area contributed by atoms with Gasteiger partial charge in [0.15, 0.2) is 10.1 Å². The zero-order valence-corrected chi connectivity index (χ0v) is 20.0. The third-order valence-electron chi connectivity index (χ3n) is 4.44. The van der Waals surface area contributed by atoms with Gasteiger partial charge in [0.1, 0.15) is 0 Å². The molecule has 206 valence electrons. The van der Waals surface area contributed by atoms with Gasteiger partial charge in [0, 0.05) is 25.1 Å². The smallest absolute Gasteiger partial charge is 0.466 e. The summed E-state index contributed by atoms with van der Waals surface area (Å²) in [5.41, 5.74) is -0.520. The monoisotopic (exact) mass is 546 g/mol. The molecule has 0 saturated heterocycles. The first-order chi connectivity index (χ1) is 15.7. The van der Waals surface area contributed by atoms with Crippen LogP contribution < -0.4 is 0 Å². The predicted octanol–water partition coefficient (Wildman–Crippen LogP) is 3.97. The first-order valence-corrected chi connectivity index (χ1v) is 11.7. The fourth-order valence-electron chi connectivity index (χ4n) is 2.67. The number of carbonyl (C=O) groups excluding carboxylic acids is 2. The summed E-state index contributed by atoms with van der Waals surface area (Å²) < 4.78 is 136. The third-order valence-corrected chi connectivity index (χ3v) is 5.37. The summed E-state index contributed by atoms with van der Waals surface area (Å²) in [5, 5.41) is -5.95. The molecular formula is C19H27F7NO7S-. The number of halogens is 7. The van der Waals surface area contributed by atoms with E-state index in [4.69, 9.17) is 0 Å². The van der Waals surface area contributed by atoms with E-state index in [-0.39, 0.29) is 25.9 Å². The minimum Gasteiger partial charge on any atom is -0.743 e. The molecule has 0 aliphatic heterocycles. The van der Waals surface area contributed by atoms with E-state index in [1.807, 2.05) is 0 Å². The lowest BCUT2D eigenvalue weighted by Gasteiger charge is -2.37. The number of alkyl halides is 7. The van der Waals surface area contributed by atoms with Crippen LogP contribution in [-0.2, 0) is 29.2 Å². The Labute approximate surface area is 198 Å². The Hall–Kier alpha value is -1.94. The van der Waals surface area contributed by atoms with Crippen molar-refractivity contribution in [2.24, 2.45) is 0 Å². The summed E-state index contributed by atoms with van der Waals surface area (Å²) in [6.45, 7) is 5.70. The molecule has 0 saturated carbocycles. The topological polar surface area (TPSA) is 113 Å². The maximum absolute atomic E-state index is 14.1. The van der Waals surface area contributed by atoms with Crippen molar-refractivity contribution in [2.75, 3.05) is 19.7 Å². The average Bonchev–Trinajstić information content (AvgIpc) is 2.69. The van der Waals surface area contributed by atoms with Gasteiger partial charge in [-0.1, -0.05) is 20.4 Å². The van der Waals surface area contributed by atoms with Crippen LogP contribution in [0.15, 0.2) is 12.2 Å². The summed E-state index contributed by atoms with van der Waals surface area (Å²) in [7, 11) is -6.73. The molecule has 0 aliphatic rings. The Morgan fingerprint density at radius 3 is 1.83 bits per heavy atom. The van der Waals surface area contributed by atoms with Crippen LogP contribution in [0.5, 0.6) is 0 Å². The highest BCUT2D eigenvalue weighted by molar-refractivity contribution is 7.86. The maximum atomic E-state index is 14.1. The molecule has 0 radical (unpaired) electrons. The van der Waals surface area contributed by atoms with Gasteiger partial charge in [-0.3, -0.25) is 4.79 Å². The molecule has 0 aromatic heterocycles. The molecular weight excluding hydrogens is 519 g/mol. The van der Waals surface area contributed by atoms with Gasteiger partial charge in [0.2, 0.25) is 0 Å². The van der Waals surface area contributed by atoms with Gasteiger partial charge in [-0.2, -0.15) is 30.7 Å². The summed E-state index contributed by atoms with van der Waals surface area (Å²) in [6, 6.07) is 0. The second kappa shape index (κ2) is 12.3. The molecule has 0 aliphatic carbocycles. The van der Waals surface area contributed by atoms with Crippen molar-refractivity contribution in [3.63, 3.8) is 0 Å². The van der Waals surface area contributed by atoms with E-state index in [0.717, 1.165) is 11.8 Å². The molecule has 0 aromatic carbocycles. The number of carbonyl (C=O) groups is 2. The van der Waals surface area contributed by atoms with E-state index in [1.165, 1.54) is 0 Å². The largest absolute Gasteiger partial charge is 0.743 e. The molecule has 1 amide bonds. The summed E-state index contributed by atoms with van der Waals surface area (Å²) in [5.74, 6) is -12.9. The number of unbranched alkanes of at least 4 members (excludes halogenated alkanes) is 1. The van der Waals surface area contributed by atoms with Gasteiger partial charge in [-0.05, 0) is 32.6 Å². The Bertz CT molecular complexity index is 856. The minimum atomic E-state index is -6.73. The zero-order valence-electron chi connectivity index (χ0n) is 19.2. The van der Waals surface area contributed by atoms with Crippen LogP contribution in [0.1, 0.15) is 52.9 Å². The fraction of sp³-hybridized carbons (Fsp3) is 0.789. The molecule has 0 rings (SSSR count). The Morgan fingerprint density at radius 2 is 1.46 bits per heavy atom. The van der Waals surface area contributed by atoms with Gasteiger partial charge in [-0.25, -0.2) is 13.2 Å². The van der Waals surface area contributed by atoms with Crippen LogP contribution in [-0.4, -0.2) is 72.6 Å². The summed E-state index contributed by atoms with van der Waals surface area (Å²) in [6.07, 6.45) is -8.98. The van der Waals surface area contributed by atoms with Crippen molar-refractivity contribution < 1.29 is 62.8 Å². The highest BCUT2D eigenvalue weighted by Crippen LogP contribution is 2.42. The Balaban J connectivity index is 5.86. The van der Waals surface area contributed by atoms with Crippen molar-refractivity contribution >= 4 is 22.0 Å². The quantitative estimate of drug-likeness (QED) is 0.0763. The molecule has 35 heavy (non-hydrogen) atoms. The van der Waals surface area contributed by atoms with Crippen molar-refractivity contribution in [3.8, 4) is 0 Å². The first kappa shape index (κ1) is 33.1. The van der Waals surface area contributed by atoms with Gasteiger partial charge < -0.3 is 18.9 Å². The van der Waals surface area contributed by atoms with E-state index in [0.29, 0.717) is 0 Å². The lowest BCUT2D eigenvalue weighted by atomic mass is 10.1. The van der Waals surface area contributed by atoms with E-state index < -0.39 is 76.6 Å². The van der Waals surface area contributed by atoms with Crippen molar-refractivity contribution in [2.45, 2.75) is 76.0 Å². The number of rotatable bonds is 15. The van der Waals surface area contributed by atoms with E-state index in [2.05, 4.69) is 16.1 Å². The summed E-state index contributed by atoms with van der Waals surface area (Å²) >= 11 is 0. The van der Waals surface area contributed by atoms with E-state index >= 15 is 0 Å². The van der Waals surface area contributed by atoms with Gasteiger partial charge >= 0.3 is 35.0 Å². The van der Waals surface area contributed by atoms with Crippen molar-refractivity contribution in [1.82, 2.24) is 4.90 Å². The van der Waals surface area contributed by atoms with Crippen molar-refractivity contribution in [1.29, 1.82) is 0 Å². The maximum Gasteiger partial charge on any atom is 0.466 e. The van der Waals surface area contributed by atoms with Crippen LogP contribution in [0.25, 0.3) is 0 Å². The molecule has 0 fully saturated rings. The highest BCUT2D eigenvalue weighted by atomic mass is 32.2. The highest BCUT2D eigenvalue weighted by Gasteiger charge is 2.67. The second-order valence-corrected chi connectivity index (χ2v) is 8.98. The van der Waals surface area contributed by atoms with Crippen molar-refractivity contribution in [3.05, 3.63) is 12.2 Å². The van der Waals surface area contributed by atoms with Crippen LogP contribution >= 0.6 is 0 Å². The molecule has 8 nitrogen and oxygen atoms in total. The number of ether oxygens (including phenoxy) is 2. The number of hydrogen-bond donors (Lipinski definition) is 0. The van der Waals surface area contributed by atoms with Crippen LogP contribution in [0.4, 0.5) is 30.7 Å². The van der Waals surface area contributed by atoms with Crippen LogP contribution in [0.3, 0.4) is 0 Å². The average molecular weight is 546 g/mol. The van der Waals surface area contributed by atoms with Gasteiger partial charge in [0.25, 0.3) is 0 Å². The molecule has 0 aromatic rings. The van der Waals surface area contributed by atoms with E-state index in [1.54, 1.807) is 13.8 Å². The number of amides is 1. The SMILES string of the molecule is C=C(C)C(=O)OC(OCCCCC(F)(F)C(F)(F)S(=O)(=O)[O-])(C(=O)N(CCC)CCC)C(F)(F)F. The number of nitrogens with zero attached hydrogens (tertiary/aromatic N) is 1. The van der Waals surface area contributed by atoms with Crippen LogP contribution in [0.2, 0.25) is 0 Å². The molecule has 0 bridgehead atoms. The predicted molar refractivity (Wildman–Crippen MR) is 106 cm³/mol. The second-order valence-electron chi connectivity index (χ2n) is 7.56. The van der Waals surface area contributed by atoms with E-state index in [9.17, 15) is 53.3 Å². The first-order valence-electron chi connectivity index (χ1n) is 10.3. The molecule has 16 heteroatoms.